The zero-order valence-corrected chi connectivity index (χ0v) is 11.2. The molecule has 0 radical (unpaired) electrons. The van der Waals surface area contributed by atoms with Crippen LogP contribution in [0, 0.1) is 17.3 Å². The fourth-order valence-electron chi connectivity index (χ4n) is 3.71. The average Bonchev–Trinajstić information content (AvgIpc) is 2.29. The molecule has 0 aromatic rings. The lowest BCUT2D eigenvalue weighted by Crippen LogP contribution is -2.41. The minimum absolute atomic E-state index is 0.511. The summed E-state index contributed by atoms with van der Waals surface area (Å²) in [5.74, 6) is 1.68. The highest BCUT2D eigenvalue weighted by Gasteiger charge is 2.33. The van der Waals surface area contributed by atoms with Gasteiger partial charge in [-0.1, -0.05) is 33.1 Å². The molecule has 2 N–H and O–H groups in total. The zero-order valence-electron chi connectivity index (χ0n) is 11.2. The summed E-state index contributed by atoms with van der Waals surface area (Å²) < 4.78 is 0. The average molecular weight is 223 g/mol. The van der Waals surface area contributed by atoms with Crippen LogP contribution in [0.25, 0.3) is 0 Å². The van der Waals surface area contributed by atoms with Gasteiger partial charge in [-0.25, -0.2) is 0 Å². The fourth-order valence-corrected chi connectivity index (χ4v) is 3.71. The molecule has 0 heterocycles. The van der Waals surface area contributed by atoms with E-state index in [1.54, 1.807) is 0 Å². The SMILES string of the molecule is CC1(C)CCC(C(N)C2CCCCC2)CC1. The van der Waals surface area contributed by atoms with E-state index in [1.165, 1.54) is 57.8 Å². The Kier molecular flexibility index (Phi) is 3.94. The van der Waals surface area contributed by atoms with Gasteiger partial charge in [-0.3, -0.25) is 0 Å². The molecule has 1 atom stereocenters. The first-order chi connectivity index (χ1) is 7.58. The lowest BCUT2D eigenvalue weighted by Gasteiger charge is -2.40. The first-order valence-corrected chi connectivity index (χ1v) is 7.34. The van der Waals surface area contributed by atoms with E-state index in [0.717, 1.165) is 11.8 Å². The largest absolute Gasteiger partial charge is 0.327 e. The van der Waals surface area contributed by atoms with Crippen LogP contribution in [-0.4, -0.2) is 6.04 Å². The van der Waals surface area contributed by atoms with E-state index in [9.17, 15) is 0 Å². The Morgan fingerprint density at radius 2 is 1.38 bits per heavy atom. The number of nitrogens with two attached hydrogens (primary N) is 1. The van der Waals surface area contributed by atoms with Crippen molar-refractivity contribution in [2.75, 3.05) is 0 Å². The van der Waals surface area contributed by atoms with Crippen LogP contribution in [0.2, 0.25) is 0 Å². The van der Waals surface area contributed by atoms with Gasteiger partial charge in [0, 0.05) is 6.04 Å². The molecule has 0 spiro atoms. The molecule has 1 heteroatoms. The van der Waals surface area contributed by atoms with Gasteiger partial charge >= 0.3 is 0 Å². The molecule has 2 aliphatic rings. The molecule has 2 aliphatic carbocycles. The van der Waals surface area contributed by atoms with Crippen molar-refractivity contribution >= 4 is 0 Å². The van der Waals surface area contributed by atoms with Crippen LogP contribution in [0.15, 0.2) is 0 Å². The Labute approximate surface area is 101 Å². The van der Waals surface area contributed by atoms with Crippen molar-refractivity contribution in [3.8, 4) is 0 Å². The molecule has 0 saturated heterocycles. The third kappa shape index (κ3) is 3.00. The van der Waals surface area contributed by atoms with Gasteiger partial charge in [-0.05, 0) is 55.8 Å². The molecule has 2 fully saturated rings. The van der Waals surface area contributed by atoms with E-state index >= 15 is 0 Å². The van der Waals surface area contributed by atoms with Gasteiger partial charge in [-0.2, -0.15) is 0 Å². The van der Waals surface area contributed by atoms with E-state index in [-0.39, 0.29) is 0 Å². The number of rotatable bonds is 2. The highest BCUT2D eigenvalue weighted by atomic mass is 14.7. The van der Waals surface area contributed by atoms with Crippen molar-refractivity contribution in [2.45, 2.75) is 77.7 Å². The second-order valence-corrected chi connectivity index (χ2v) is 6.98. The van der Waals surface area contributed by atoms with Crippen molar-refractivity contribution in [3.05, 3.63) is 0 Å². The Morgan fingerprint density at radius 1 is 0.875 bits per heavy atom. The van der Waals surface area contributed by atoms with Crippen molar-refractivity contribution in [2.24, 2.45) is 23.0 Å². The topological polar surface area (TPSA) is 26.0 Å². The molecule has 1 nitrogen and oxygen atoms in total. The molecule has 94 valence electrons. The minimum Gasteiger partial charge on any atom is -0.327 e. The quantitative estimate of drug-likeness (QED) is 0.749. The highest BCUT2D eigenvalue weighted by molar-refractivity contribution is 4.87. The third-order valence-electron chi connectivity index (χ3n) is 5.12. The second kappa shape index (κ2) is 5.08. The zero-order chi connectivity index (χ0) is 11.6. The molecule has 0 aromatic carbocycles. The molecule has 1 unspecified atom stereocenters. The molecular formula is C15H29N. The second-order valence-electron chi connectivity index (χ2n) is 6.98. The smallest absolute Gasteiger partial charge is 0.00956 e. The van der Waals surface area contributed by atoms with Gasteiger partial charge in [0.25, 0.3) is 0 Å². The van der Waals surface area contributed by atoms with Crippen molar-refractivity contribution < 1.29 is 0 Å². The predicted molar refractivity (Wildman–Crippen MR) is 70.3 cm³/mol. The third-order valence-corrected chi connectivity index (χ3v) is 5.12. The lowest BCUT2D eigenvalue weighted by molar-refractivity contribution is 0.140. The molecule has 0 aliphatic heterocycles. The van der Waals surface area contributed by atoms with Crippen LogP contribution in [0.5, 0.6) is 0 Å². The minimum atomic E-state index is 0.511. The van der Waals surface area contributed by atoms with Crippen LogP contribution in [-0.2, 0) is 0 Å². The van der Waals surface area contributed by atoms with Crippen molar-refractivity contribution in [1.29, 1.82) is 0 Å². The van der Waals surface area contributed by atoms with E-state index in [4.69, 9.17) is 5.73 Å². The van der Waals surface area contributed by atoms with E-state index in [1.807, 2.05) is 0 Å². The standard InChI is InChI=1S/C15H29N/c1-15(2)10-8-13(9-11-15)14(16)12-6-4-3-5-7-12/h12-14H,3-11,16H2,1-2H3. The van der Waals surface area contributed by atoms with Gasteiger partial charge in [0.15, 0.2) is 0 Å². The molecule has 2 rings (SSSR count). The summed E-state index contributed by atoms with van der Waals surface area (Å²) in [6.45, 7) is 4.82. The Bertz CT molecular complexity index is 205. The van der Waals surface area contributed by atoms with Crippen LogP contribution in [0.1, 0.15) is 71.6 Å². The summed E-state index contributed by atoms with van der Waals surface area (Å²) in [6, 6.07) is 0.511. The van der Waals surface area contributed by atoms with E-state index in [0.29, 0.717) is 11.5 Å². The first-order valence-electron chi connectivity index (χ1n) is 7.34. The van der Waals surface area contributed by atoms with Gasteiger partial charge in [0.1, 0.15) is 0 Å². The first kappa shape index (κ1) is 12.4. The van der Waals surface area contributed by atoms with E-state index in [2.05, 4.69) is 13.8 Å². The molecule has 16 heavy (non-hydrogen) atoms. The molecule has 0 amide bonds. The number of hydrogen-bond donors (Lipinski definition) is 1. The summed E-state index contributed by atoms with van der Waals surface area (Å²) in [6.07, 6.45) is 12.6. The van der Waals surface area contributed by atoms with Crippen LogP contribution < -0.4 is 5.73 Å². The van der Waals surface area contributed by atoms with Crippen molar-refractivity contribution in [1.82, 2.24) is 0 Å². The maximum absolute atomic E-state index is 6.51. The molecule has 2 saturated carbocycles. The summed E-state index contributed by atoms with van der Waals surface area (Å²) in [4.78, 5) is 0. The van der Waals surface area contributed by atoms with E-state index < -0.39 is 0 Å². The van der Waals surface area contributed by atoms with Gasteiger partial charge < -0.3 is 5.73 Å². The van der Waals surface area contributed by atoms with Gasteiger partial charge in [0.05, 0.1) is 0 Å². The summed E-state index contributed by atoms with van der Waals surface area (Å²) in [7, 11) is 0. The molecule has 0 aromatic heterocycles. The maximum atomic E-state index is 6.51. The summed E-state index contributed by atoms with van der Waals surface area (Å²) in [5.41, 5.74) is 7.10. The highest BCUT2D eigenvalue weighted by Crippen LogP contribution is 2.41. The summed E-state index contributed by atoms with van der Waals surface area (Å²) in [5, 5.41) is 0. The molecule has 0 bridgehead atoms. The Hall–Kier alpha value is -0.0400. The molecular weight excluding hydrogens is 194 g/mol. The van der Waals surface area contributed by atoms with Gasteiger partial charge in [0.2, 0.25) is 0 Å². The maximum Gasteiger partial charge on any atom is 0.00956 e. The monoisotopic (exact) mass is 223 g/mol. The van der Waals surface area contributed by atoms with Crippen LogP contribution >= 0.6 is 0 Å². The summed E-state index contributed by atoms with van der Waals surface area (Å²) >= 11 is 0. The van der Waals surface area contributed by atoms with Crippen LogP contribution in [0.3, 0.4) is 0 Å². The Morgan fingerprint density at radius 3 is 1.94 bits per heavy atom. The van der Waals surface area contributed by atoms with Crippen LogP contribution in [0.4, 0.5) is 0 Å². The Balaban J connectivity index is 1.83. The van der Waals surface area contributed by atoms with Crippen molar-refractivity contribution in [3.63, 3.8) is 0 Å². The van der Waals surface area contributed by atoms with Gasteiger partial charge in [-0.15, -0.1) is 0 Å². The predicted octanol–water partition coefficient (Wildman–Crippen LogP) is 4.11. The number of hydrogen-bond acceptors (Lipinski definition) is 1. The fraction of sp³-hybridized carbons (Fsp3) is 1.00. The normalized spacial score (nSPS) is 30.2. The lowest BCUT2D eigenvalue weighted by atomic mass is 9.68.